The number of benzene rings is 1. The molecule has 2 aromatic heterocycles. The van der Waals surface area contributed by atoms with E-state index in [1.165, 1.54) is 13.3 Å². The zero-order valence-electron chi connectivity index (χ0n) is 15.0. The molecule has 0 aliphatic rings. The van der Waals surface area contributed by atoms with E-state index in [1.807, 2.05) is 36.4 Å². The van der Waals surface area contributed by atoms with E-state index in [-0.39, 0.29) is 27.9 Å². The standard InChI is InChI=1S/C10H8N2.C9H11N3O2S.Cu/c1-3-7-11-9(5-1)10-6-2-4-8-12-10;1-14-7-4-2-3-6(8(7)13)5-11-12-9(10)15;/h1-8H;2-5,13H,1H3,(H3,10,12,15);/q;;+2/p+1. The molecule has 28 heavy (non-hydrogen) atoms. The van der Waals surface area contributed by atoms with Crippen LogP contribution in [-0.4, -0.2) is 33.5 Å². The largest absolute Gasteiger partial charge is 2.00 e. The van der Waals surface area contributed by atoms with Gasteiger partial charge in [-0.2, -0.15) is 5.10 Å². The van der Waals surface area contributed by atoms with Crippen molar-refractivity contribution in [1.29, 1.82) is 0 Å². The van der Waals surface area contributed by atoms with Crippen LogP contribution in [-0.2, 0) is 17.1 Å². The van der Waals surface area contributed by atoms with E-state index in [1.54, 1.807) is 30.6 Å². The molecule has 0 bridgehead atoms. The molecule has 0 aliphatic heterocycles. The number of rotatable bonds is 4. The molecule has 9 heteroatoms. The summed E-state index contributed by atoms with van der Waals surface area (Å²) < 4.78 is 4.99. The molecule has 0 saturated heterocycles. The molecular weight excluding hydrogens is 426 g/mol. The van der Waals surface area contributed by atoms with Crippen LogP contribution in [0.1, 0.15) is 5.56 Å². The van der Waals surface area contributed by atoms with Crippen molar-refractivity contribution in [2.45, 2.75) is 0 Å². The minimum atomic E-state index is 0. The van der Waals surface area contributed by atoms with Gasteiger partial charge < -0.3 is 15.6 Å². The SMILES string of the molecule is COc1cccc(C=NNC(N)=S)c1[OH2+].[Cu+2].c1ccc(-c2ccccn2)nc1. The number of nitrogens with one attached hydrogen (secondary N) is 1. The van der Waals surface area contributed by atoms with Gasteiger partial charge in [0.25, 0.3) is 0 Å². The van der Waals surface area contributed by atoms with Crippen molar-refractivity contribution in [3.8, 4) is 22.9 Å². The van der Waals surface area contributed by atoms with E-state index in [0.717, 1.165) is 11.4 Å². The second-order valence-corrected chi connectivity index (χ2v) is 5.53. The van der Waals surface area contributed by atoms with Crippen LogP contribution in [0.4, 0.5) is 0 Å². The minimum absolute atomic E-state index is 0. The molecule has 0 spiro atoms. The Kier molecular flexibility index (Phi) is 10.2. The van der Waals surface area contributed by atoms with E-state index in [2.05, 4.69) is 32.7 Å². The number of para-hydroxylation sites is 1. The molecule has 0 saturated carbocycles. The molecule has 0 amide bonds. The van der Waals surface area contributed by atoms with Gasteiger partial charge in [-0.3, -0.25) is 15.4 Å². The third kappa shape index (κ3) is 7.32. The molecule has 147 valence electrons. The van der Waals surface area contributed by atoms with Crippen LogP contribution < -0.4 is 15.9 Å². The Morgan fingerprint density at radius 3 is 2.14 bits per heavy atom. The van der Waals surface area contributed by atoms with Crippen LogP contribution in [0.5, 0.6) is 11.5 Å². The van der Waals surface area contributed by atoms with Gasteiger partial charge in [0.05, 0.1) is 30.3 Å². The Morgan fingerprint density at radius 2 is 1.68 bits per heavy atom. The van der Waals surface area contributed by atoms with Crippen molar-refractivity contribution in [3.63, 3.8) is 0 Å². The summed E-state index contributed by atoms with van der Waals surface area (Å²) in [5, 5.41) is 11.6. The average Bonchev–Trinajstić information content (AvgIpc) is 2.71. The topological polar surface area (TPSA) is 108 Å². The summed E-state index contributed by atoms with van der Waals surface area (Å²) in [6.07, 6.45) is 5.00. The second-order valence-electron chi connectivity index (χ2n) is 5.09. The molecule has 3 rings (SSSR count). The quantitative estimate of drug-likeness (QED) is 0.210. The predicted octanol–water partition coefficient (Wildman–Crippen LogP) is 2.44. The first-order chi connectivity index (χ1) is 13.1. The summed E-state index contributed by atoms with van der Waals surface area (Å²) in [5.41, 5.74) is 10.1. The fourth-order valence-corrected chi connectivity index (χ4v) is 2.07. The number of nitrogens with two attached hydrogens (primary N) is 1. The van der Waals surface area contributed by atoms with Crippen LogP contribution in [0.2, 0.25) is 0 Å². The Hall–Kier alpha value is -3.00. The zero-order chi connectivity index (χ0) is 19.5. The van der Waals surface area contributed by atoms with Crippen molar-refractivity contribution in [3.05, 3.63) is 72.6 Å². The molecule has 0 atom stereocenters. The van der Waals surface area contributed by atoms with Gasteiger partial charge in [0.15, 0.2) is 5.11 Å². The van der Waals surface area contributed by atoms with E-state index in [9.17, 15) is 0 Å². The molecule has 3 aromatic rings. The van der Waals surface area contributed by atoms with Crippen LogP contribution >= 0.6 is 12.2 Å². The van der Waals surface area contributed by atoms with E-state index in [4.69, 9.17) is 15.6 Å². The van der Waals surface area contributed by atoms with E-state index >= 15 is 0 Å². The van der Waals surface area contributed by atoms with Gasteiger partial charge in [-0.25, -0.2) is 0 Å². The van der Waals surface area contributed by atoms with Gasteiger partial charge in [-0.05, 0) is 48.6 Å². The number of hydrazone groups is 1. The van der Waals surface area contributed by atoms with Crippen LogP contribution in [0.25, 0.3) is 11.4 Å². The van der Waals surface area contributed by atoms with Gasteiger partial charge in [-0.15, -0.1) is 0 Å². The number of methoxy groups -OCH3 is 1. The van der Waals surface area contributed by atoms with Gasteiger partial charge in [0.1, 0.15) is 0 Å². The molecule has 0 aliphatic carbocycles. The number of thiocarbonyl (C=S) groups is 1. The first-order valence-electron chi connectivity index (χ1n) is 7.91. The fourth-order valence-electron chi connectivity index (χ4n) is 2.02. The van der Waals surface area contributed by atoms with Crippen LogP contribution in [0.15, 0.2) is 72.1 Å². The first-order valence-corrected chi connectivity index (χ1v) is 8.32. The Bertz CT molecular complexity index is 858. The Labute approximate surface area is 179 Å². The van der Waals surface area contributed by atoms with Crippen molar-refractivity contribution in [2.24, 2.45) is 10.8 Å². The monoisotopic (exact) mass is 445 g/mol. The maximum absolute atomic E-state index is 7.72. The summed E-state index contributed by atoms with van der Waals surface area (Å²) in [7, 11) is 1.52. The van der Waals surface area contributed by atoms with Crippen molar-refractivity contribution >= 4 is 23.5 Å². The number of hydrogen-bond acceptors (Lipinski definition) is 5. The molecule has 1 radical (unpaired) electrons. The number of hydrogen-bond donors (Lipinski definition) is 2. The fraction of sp³-hybridized carbons (Fsp3) is 0.0526. The average molecular weight is 446 g/mol. The van der Waals surface area contributed by atoms with Crippen LogP contribution in [0, 0.1) is 0 Å². The Balaban J connectivity index is 0.000000275. The summed E-state index contributed by atoms with van der Waals surface area (Å²) in [6, 6.07) is 16.8. The third-order valence-corrected chi connectivity index (χ3v) is 3.34. The Morgan fingerprint density at radius 1 is 1.07 bits per heavy atom. The zero-order valence-corrected chi connectivity index (χ0v) is 16.7. The molecule has 0 fully saturated rings. The molecule has 0 unspecified atom stereocenters. The molecule has 1 aromatic carbocycles. The number of pyridine rings is 2. The maximum Gasteiger partial charge on any atom is 2.00 e. The second kappa shape index (κ2) is 12.4. The number of ether oxygens (including phenoxy) is 1. The summed E-state index contributed by atoms with van der Waals surface area (Å²) in [4.78, 5) is 8.37. The van der Waals surface area contributed by atoms with Crippen molar-refractivity contribution < 1.29 is 26.9 Å². The van der Waals surface area contributed by atoms with E-state index in [0.29, 0.717) is 11.3 Å². The number of nitrogens with zero attached hydrogens (tertiary/aromatic N) is 3. The van der Waals surface area contributed by atoms with Crippen molar-refractivity contribution in [2.75, 3.05) is 7.11 Å². The van der Waals surface area contributed by atoms with Crippen LogP contribution in [0.3, 0.4) is 0 Å². The molecule has 2 heterocycles. The van der Waals surface area contributed by atoms with Gasteiger partial charge >= 0.3 is 22.8 Å². The smallest absolute Gasteiger partial charge is 0.590 e. The van der Waals surface area contributed by atoms with E-state index < -0.39 is 0 Å². The predicted molar refractivity (Wildman–Crippen MR) is 111 cm³/mol. The summed E-state index contributed by atoms with van der Waals surface area (Å²) in [6.45, 7) is 0. The molecule has 7 nitrogen and oxygen atoms in total. The summed E-state index contributed by atoms with van der Waals surface area (Å²) in [5.74, 6) is 0.766. The summed E-state index contributed by atoms with van der Waals surface area (Å²) >= 11 is 4.57. The van der Waals surface area contributed by atoms with Gasteiger partial charge in [0.2, 0.25) is 5.75 Å². The minimum Gasteiger partial charge on any atom is -0.590 e. The molecular formula is C19H20CuN5O2S+3. The van der Waals surface area contributed by atoms with Crippen molar-refractivity contribution in [1.82, 2.24) is 15.4 Å². The molecule has 5 N–H and O–H groups in total. The normalized spacial score (nSPS) is 9.61. The van der Waals surface area contributed by atoms with Gasteiger partial charge in [-0.1, -0.05) is 18.2 Å². The maximum atomic E-state index is 7.72. The van der Waals surface area contributed by atoms with Gasteiger partial charge in [0, 0.05) is 12.4 Å². The third-order valence-electron chi connectivity index (χ3n) is 3.25. The first kappa shape index (κ1) is 23.0. The number of aromatic nitrogens is 2.